The molecular formula is C23H29N3O5S. The summed E-state index contributed by atoms with van der Waals surface area (Å²) in [6.07, 6.45) is 3.93. The summed E-state index contributed by atoms with van der Waals surface area (Å²) in [6, 6.07) is 9.78. The van der Waals surface area contributed by atoms with E-state index in [0.717, 1.165) is 43.1 Å². The van der Waals surface area contributed by atoms with Crippen molar-refractivity contribution in [1.82, 2.24) is 9.21 Å². The minimum atomic E-state index is -3.95. The molecule has 172 valence electrons. The lowest BCUT2D eigenvalue weighted by Gasteiger charge is -2.36. The highest BCUT2D eigenvalue weighted by atomic mass is 32.2. The maximum atomic E-state index is 13.5. The van der Waals surface area contributed by atoms with Crippen LogP contribution in [-0.2, 0) is 10.0 Å². The Bertz CT molecular complexity index is 1080. The first kappa shape index (κ1) is 22.7. The van der Waals surface area contributed by atoms with Crippen LogP contribution in [0.5, 0.6) is 11.5 Å². The highest BCUT2D eigenvalue weighted by Crippen LogP contribution is 2.35. The van der Waals surface area contributed by atoms with Crippen LogP contribution in [0.2, 0.25) is 0 Å². The smallest absolute Gasteiger partial charge is 0.271 e. The molecule has 2 fully saturated rings. The van der Waals surface area contributed by atoms with E-state index in [0.29, 0.717) is 24.9 Å². The molecule has 4 rings (SSSR count). The number of nitro groups is 1. The maximum absolute atomic E-state index is 13.5. The monoisotopic (exact) mass is 459 g/mol. The number of nitrogens with zero attached hydrogens (tertiary/aromatic N) is 3. The first-order valence-corrected chi connectivity index (χ1v) is 12.5. The molecule has 32 heavy (non-hydrogen) atoms. The van der Waals surface area contributed by atoms with Gasteiger partial charge in [0.25, 0.3) is 5.69 Å². The zero-order chi connectivity index (χ0) is 22.9. The van der Waals surface area contributed by atoms with Crippen LogP contribution in [0.1, 0.15) is 36.8 Å². The normalized spacial score (nSPS) is 18.7. The van der Waals surface area contributed by atoms with Gasteiger partial charge in [-0.25, -0.2) is 8.42 Å². The van der Waals surface area contributed by atoms with Gasteiger partial charge in [-0.3, -0.25) is 10.1 Å². The molecule has 2 heterocycles. The Morgan fingerprint density at radius 3 is 2.19 bits per heavy atom. The summed E-state index contributed by atoms with van der Waals surface area (Å²) in [6.45, 7) is 6.81. The van der Waals surface area contributed by atoms with Gasteiger partial charge in [0.2, 0.25) is 10.0 Å². The number of ether oxygens (including phenoxy) is 1. The molecule has 0 bridgehead atoms. The van der Waals surface area contributed by atoms with Gasteiger partial charge in [-0.1, -0.05) is 6.07 Å². The van der Waals surface area contributed by atoms with Crippen molar-refractivity contribution < 1.29 is 18.1 Å². The number of piperidine rings is 1. The van der Waals surface area contributed by atoms with E-state index in [1.54, 1.807) is 0 Å². The molecule has 9 heteroatoms. The quantitative estimate of drug-likeness (QED) is 0.474. The molecule has 0 amide bonds. The fourth-order valence-corrected chi connectivity index (χ4v) is 6.31. The molecule has 2 aliphatic heterocycles. The maximum Gasteiger partial charge on any atom is 0.271 e. The highest BCUT2D eigenvalue weighted by Gasteiger charge is 2.35. The Morgan fingerprint density at radius 2 is 1.59 bits per heavy atom. The van der Waals surface area contributed by atoms with Crippen LogP contribution >= 0.6 is 0 Å². The predicted octanol–water partition coefficient (Wildman–Crippen LogP) is 4.25. The third-order valence-electron chi connectivity index (χ3n) is 6.26. The van der Waals surface area contributed by atoms with Crippen molar-refractivity contribution >= 4 is 15.7 Å². The number of rotatable bonds is 6. The van der Waals surface area contributed by atoms with Gasteiger partial charge in [0.05, 0.1) is 4.92 Å². The van der Waals surface area contributed by atoms with Crippen LogP contribution in [-0.4, -0.2) is 54.8 Å². The predicted molar refractivity (Wildman–Crippen MR) is 122 cm³/mol. The molecule has 0 N–H and O–H groups in total. The molecular weight excluding hydrogens is 430 g/mol. The van der Waals surface area contributed by atoms with E-state index in [2.05, 4.69) is 4.90 Å². The molecule has 2 saturated heterocycles. The average Bonchev–Trinajstić information content (AvgIpc) is 3.28. The molecule has 0 aliphatic carbocycles. The second-order valence-electron chi connectivity index (χ2n) is 8.69. The second-order valence-corrected chi connectivity index (χ2v) is 10.6. The van der Waals surface area contributed by atoms with Gasteiger partial charge < -0.3 is 9.64 Å². The first-order valence-electron chi connectivity index (χ1n) is 11.0. The fraction of sp³-hybridized carbons (Fsp3) is 0.478. The fourth-order valence-electron chi connectivity index (χ4n) is 4.71. The van der Waals surface area contributed by atoms with E-state index in [-0.39, 0.29) is 16.3 Å². The first-order chi connectivity index (χ1) is 15.2. The van der Waals surface area contributed by atoms with Crippen LogP contribution in [0.4, 0.5) is 5.69 Å². The van der Waals surface area contributed by atoms with Crippen molar-refractivity contribution in [1.29, 1.82) is 0 Å². The van der Waals surface area contributed by atoms with E-state index in [9.17, 15) is 18.5 Å². The van der Waals surface area contributed by atoms with Crippen LogP contribution in [0.25, 0.3) is 0 Å². The number of non-ortho nitro benzene ring substituents is 1. The van der Waals surface area contributed by atoms with Gasteiger partial charge in [-0.2, -0.15) is 4.31 Å². The average molecular weight is 460 g/mol. The summed E-state index contributed by atoms with van der Waals surface area (Å²) in [7, 11) is -3.95. The number of hydrogen-bond acceptors (Lipinski definition) is 6. The van der Waals surface area contributed by atoms with Crippen LogP contribution in [0, 0.1) is 24.0 Å². The summed E-state index contributed by atoms with van der Waals surface area (Å²) >= 11 is 0. The molecule has 8 nitrogen and oxygen atoms in total. The van der Waals surface area contributed by atoms with Crippen molar-refractivity contribution in [3.63, 3.8) is 0 Å². The van der Waals surface area contributed by atoms with Crippen LogP contribution in [0.3, 0.4) is 0 Å². The van der Waals surface area contributed by atoms with Gasteiger partial charge in [-0.05, 0) is 81.9 Å². The van der Waals surface area contributed by atoms with Gasteiger partial charge in [0.1, 0.15) is 16.4 Å². The van der Waals surface area contributed by atoms with Gasteiger partial charge in [-0.15, -0.1) is 0 Å². The molecule has 2 aromatic carbocycles. The van der Waals surface area contributed by atoms with Crippen LogP contribution in [0.15, 0.2) is 41.3 Å². The van der Waals surface area contributed by atoms with Crippen molar-refractivity contribution in [3.05, 3.63) is 57.6 Å². The van der Waals surface area contributed by atoms with Crippen molar-refractivity contribution in [2.75, 3.05) is 26.2 Å². The minimum Gasteiger partial charge on any atom is -0.456 e. The van der Waals surface area contributed by atoms with E-state index in [4.69, 9.17) is 4.74 Å². The van der Waals surface area contributed by atoms with E-state index in [1.165, 1.54) is 29.3 Å². The minimum absolute atomic E-state index is 0.0993. The Hall–Kier alpha value is -2.49. The lowest BCUT2D eigenvalue weighted by Crippen LogP contribution is -2.45. The summed E-state index contributed by atoms with van der Waals surface area (Å²) in [4.78, 5) is 13.1. The molecule has 0 radical (unpaired) electrons. The van der Waals surface area contributed by atoms with Crippen molar-refractivity contribution in [3.8, 4) is 11.5 Å². The molecule has 2 aromatic rings. The number of sulfonamides is 1. The number of hydrogen-bond donors (Lipinski definition) is 0. The summed E-state index contributed by atoms with van der Waals surface area (Å²) in [5.41, 5.74) is 1.69. The number of benzene rings is 2. The molecule has 0 spiro atoms. The SMILES string of the molecule is Cc1cc(C)cc(Oc2ccc([N+](=O)[O-])cc2S(=O)(=O)N2CCC(N3CCCC3)CC2)c1. The highest BCUT2D eigenvalue weighted by molar-refractivity contribution is 7.89. The second kappa shape index (κ2) is 9.17. The summed E-state index contributed by atoms with van der Waals surface area (Å²) < 4.78 is 34.5. The molecule has 0 unspecified atom stereocenters. The zero-order valence-corrected chi connectivity index (χ0v) is 19.3. The topological polar surface area (TPSA) is 93.0 Å². The largest absolute Gasteiger partial charge is 0.456 e. The van der Waals surface area contributed by atoms with Gasteiger partial charge in [0, 0.05) is 31.3 Å². The van der Waals surface area contributed by atoms with Gasteiger partial charge in [0.15, 0.2) is 0 Å². The van der Waals surface area contributed by atoms with E-state index in [1.807, 2.05) is 32.0 Å². The third-order valence-corrected chi connectivity index (χ3v) is 8.18. The standard InChI is InChI=1S/C23H29N3O5S/c1-17-13-18(2)15-21(14-17)31-22-6-5-20(26(27)28)16-23(22)32(29,30)25-11-7-19(8-12-25)24-9-3-4-10-24/h5-6,13-16,19H,3-4,7-12H2,1-2H3. The van der Waals surface area contributed by atoms with Crippen molar-refractivity contribution in [2.24, 2.45) is 0 Å². The lowest BCUT2D eigenvalue weighted by molar-refractivity contribution is -0.385. The lowest BCUT2D eigenvalue weighted by atomic mass is 10.1. The summed E-state index contributed by atoms with van der Waals surface area (Å²) in [5, 5.41) is 11.4. The van der Waals surface area contributed by atoms with Crippen LogP contribution < -0.4 is 4.74 Å². The summed E-state index contributed by atoms with van der Waals surface area (Å²) in [5.74, 6) is 0.600. The molecule has 2 aliphatic rings. The Labute approximate surface area is 189 Å². The van der Waals surface area contributed by atoms with E-state index >= 15 is 0 Å². The van der Waals surface area contributed by atoms with Crippen molar-refractivity contribution in [2.45, 2.75) is 50.5 Å². The molecule has 0 atom stereocenters. The number of likely N-dealkylation sites (tertiary alicyclic amines) is 1. The Kier molecular flexibility index (Phi) is 6.50. The van der Waals surface area contributed by atoms with E-state index < -0.39 is 14.9 Å². The van der Waals surface area contributed by atoms with Gasteiger partial charge >= 0.3 is 0 Å². The number of nitro benzene ring substituents is 1. The zero-order valence-electron chi connectivity index (χ0n) is 18.5. The third kappa shape index (κ3) is 4.79. The Morgan fingerprint density at radius 1 is 0.969 bits per heavy atom. The number of aryl methyl sites for hydroxylation is 2. The Balaban J connectivity index is 1.62. The molecule has 0 aromatic heterocycles. The molecule has 0 saturated carbocycles.